The Morgan fingerprint density at radius 2 is 2.00 bits per heavy atom. The van der Waals surface area contributed by atoms with E-state index in [-0.39, 0.29) is 0 Å². The number of hydrazone groups is 1. The van der Waals surface area contributed by atoms with Gasteiger partial charge in [0.25, 0.3) is 0 Å². The summed E-state index contributed by atoms with van der Waals surface area (Å²) in [4.78, 5) is 10.3. The van der Waals surface area contributed by atoms with Crippen LogP contribution in [-0.4, -0.2) is 26.2 Å². The summed E-state index contributed by atoms with van der Waals surface area (Å²) in [5.41, 5.74) is 2.08. The predicted octanol–water partition coefficient (Wildman–Crippen LogP) is 0.322. The van der Waals surface area contributed by atoms with Gasteiger partial charge in [-0.05, 0) is 0 Å². The lowest BCUT2D eigenvalue weighted by atomic mass is 10.8. The Bertz CT molecular complexity index is 144. The zero-order valence-corrected chi connectivity index (χ0v) is 6.17. The van der Waals surface area contributed by atoms with Crippen molar-refractivity contribution in [3.63, 3.8) is 0 Å². The van der Waals surface area contributed by atoms with Gasteiger partial charge in [-0.2, -0.15) is 0 Å². The molecule has 0 unspecified atom stereocenters. The van der Waals surface area contributed by atoms with E-state index in [1.165, 1.54) is 14.2 Å². The van der Waals surface area contributed by atoms with E-state index in [1.54, 1.807) is 6.92 Å². The first-order chi connectivity index (χ1) is 4.70. The highest BCUT2D eigenvalue weighted by Crippen LogP contribution is 1.75. The number of rotatable bonds is 1. The molecule has 5 nitrogen and oxygen atoms in total. The van der Waals surface area contributed by atoms with Gasteiger partial charge in [-0.25, -0.2) is 10.2 Å². The van der Waals surface area contributed by atoms with Crippen LogP contribution in [0.2, 0.25) is 0 Å². The lowest BCUT2D eigenvalue weighted by Crippen LogP contribution is -2.18. The molecule has 0 atom stereocenters. The van der Waals surface area contributed by atoms with Gasteiger partial charge in [-0.15, -0.1) is 5.10 Å². The monoisotopic (exact) mass is 146 g/mol. The molecule has 0 spiro atoms. The number of ether oxygens (including phenoxy) is 2. The fourth-order valence-corrected chi connectivity index (χ4v) is 0.216. The number of carbonyl (C=O) groups excluding carboxylic acids is 1. The Morgan fingerprint density at radius 3 is 2.40 bits per heavy atom. The Hall–Kier alpha value is -1.26. The van der Waals surface area contributed by atoms with Crippen LogP contribution in [0.4, 0.5) is 4.79 Å². The number of nitrogens with zero attached hydrogens (tertiary/aromatic N) is 1. The second-order valence-electron chi connectivity index (χ2n) is 1.44. The molecule has 0 radical (unpaired) electrons. The van der Waals surface area contributed by atoms with Crippen LogP contribution in [0, 0.1) is 0 Å². The van der Waals surface area contributed by atoms with Crippen molar-refractivity contribution in [1.82, 2.24) is 5.43 Å². The van der Waals surface area contributed by atoms with Crippen molar-refractivity contribution >= 4 is 12.0 Å². The SMILES string of the molecule is COC(=O)NN=C(C)OC. The fourth-order valence-electron chi connectivity index (χ4n) is 0.216. The molecular formula is C5H10N2O3. The molecule has 0 aliphatic heterocycles. The van der Waals surface area contributed by atoms with Crippen LogP contribution in [0.1, 0.15) is 6.92 Å². The lowest BCUT2D eigenvalue weighted by molar-refractivity contribution is 0.171. The van der Waals surface area contributed by atoms with Gasteiger partial charge in [-0.3, -0.25) is 0 Å². The maximum absolute atomic E-state index is 10.3. The molecule has 5 heteroatoms. The molecule has 0 saturated carbocycles. The van der Waals surface area contributed by atoms with Crippen molar-refractivity contribution in [2.24, 2.45) is 5.10 Å². The van der Waals surface area contributed by atoms with E-state index in [9.17, 15) is 4.79 Å². The van der Waals surface area contributed by atoms with Crippen LogP contribution in [0.5, 0.6) is 0 Å². The Morgan fingerprint density at radius 1 is 1.40 bits per heavy atom. The first-order valence-corrected chi connectivity index (χ1v) is 2.63. The van der Waals surface area contributed by atoms with Gasteiger partial charge in [0, 0.05) is 6.92 Å². The van der Waals surface area contributed by atoms with Gasteiger partial charge in [0.1, 0.15) is 0 Å². The average Bonchev–Trinajstić information content (AvgIpc) is 1.99. The minimum absolute atomic E-state index is 0.366. The van der Waals surface area contributed by atoms with Crippen molar-refractivity contribution in [3.05, 3.63) is 0 Å². The molecule has 0 saturated heterocycles. The molecule has 0 fully saturated rings. The third kappa shape index (κ3) is 3.71. The number of amides is 1. The van der Waals surface area contributed by atoms with Gasteiger partial charge < -0.3 is 9.47 Å². The van der Waals surface area contributed by atoms with Gasteiger partial charge in [0.05, 0.1) is 14.2 Å². The zero-order chi connectivity index (χ0) is 7.98. The summed E-state index contributed by atoms with van der Waals surface area (Å²) < 4.78 is 8.86. The lowest BCUT2D eigenvalue weighted by Gasteiger charge is -1.98. The van der Waals surface area contributed by atoms with Gasteiger partial charge in [-0.1, -0.05) is 0 Å². The van der Waals surface area contributed by atoms with E-state index in [1.807, 2.05) is 0 Å². The van der Waals surface area contributed by atoms with Gasteiger partial charge in [0.2, 0.25) is 5.90 Å². The van der Waals surface area contributed by atoms with Gasteiger partial charge >= 0.3 is 6.09 Å². The summed E-state index contributed by atoms with van der Waals surface area (Å²) in [6.07, 6.45) is -0.614. The second-order valence-corrected chi connectivity index (χ2v) is 1.44. The molecule has 0 aromatic carbocycles. The largest absolute Gasteiger partial charge is 0.483 e. The number of hydrogen-bond acceptors (Lipinski definition) is 4. The molecule has 0 aliphatic rings. The average molecular weight is 146 g/mol. The molecule has 0 aliphatic carbocycles. The summed E-state index contributed by atoms with van der Waals surface area (Å²) in [5, 5.41) is 3.48. The minimum atomic E-state index is -0.614. The van der Waals surface area contributed by atoms with Crippen molar-refractivity contribution in [3.8, 4) is 0 Å². The first-order valence-electron chi connectivity index (χ1n) is 2.63. The van der Waals surface area contributed by atoms with Crippen molar-refractivity contribution in [2.75, 3.05) is 14.2 Å². The molecule has 0 aromatic heterocycles. The van der Waals surface area contributed by atoms with Crippen molar-refractivity contribution in [2.45, 2.75) is 6.92 Å². The summed E-state index contributed by atoms with van der Waals surface area (Å²) in [5.74, 6) is 0.366. The summed E-state index contributed by atoms with van der Waals surface area (Å²) in [7, 11) is 2.71. The van der Waals surface area contributed by atoms with E-state index in [0.29, 0.717) is 5.90 Å². The third-order valence-corrected chi connectivity index (χ3v) is 0.785. The van der Waals surface area contributed by atoms with Crippen LogP contribution in [0.25, 0.3) is 0 Å². The number of nitrogens with one attached hydrogen (secondary N) is 1. The van der Waals surface area contributed by atoms with Crippen LogP contribution in [-0.2, 0) is 9.47 Å². The predicted molar refractivity (Wildman–Crippen MR) is 35.7 cm³/mol. The third-order valence-electron chi connectivity index (χ3n) is 0.785. The highest BCUT2D eigenvalue weighted by molar-refractivity contribution is 5.75. The topological polar surface area (TPSA) is 59.9 Å². The summed E-state index contributed by atoms with van der Waals surface area (Å²) >= 11 is 0. The van der Waals surface area contributed by atoms with Crippen molar-refractivity contribution < 1.29 is 14.3 Å². The second kappa shape index (κ2) is 4.60. The Balaban J connectivity index is 3.61. The molecule has 58 valence electrons. The summed E-state index contributed by atoms with van der Waals surface area (Å²) in [6, 6.07) is 0. The van der Waals surface area contributed by atoms with E-state index in [0.717, 1.165) is 0 Å². The zero-order valence-electron chi connectivity index (χ0n) is 6.17. The highest BCUT2D eigenvalue weighted by Gasteiger charge is 1.93. The molecule has 10 heavy (non-hydrogen) atoms. The van der Waals surface area contributed by atoms with E-state index in [2.05, 4.69) is 20.0 Å². The van der Waals surface area contributed by atoms with Crippen molar-refractivity contribution in [1.29, 1.82) is 0 Å². The first kappa shape index (κ1) is 8.74. The number of carbonyl (C=O) groups is 1. The van der Waals surface area contributed by atoms with Crippen LogP contribution in [0.3, 0.4) is 0 Å². The van der Waals surface area contributed by atoms with Crippen LogP contribution < -0.4 is 5.43 Å². The minimum Gasteiger partial charge on any atom is -0.483 e. The van der Waals surface area contributed by atoms with Crippen LogP contribution in [0.15, 0.2) is 5.10 Å². The van der Waals surface area contributed by atoms with Crippen LogP contribution >= 0.6 is 0 Å². The standard InChI is InChI=1S/C5H10N2O3/c1-4(9-2)6-7-5(8)10-3/h1-3H3,(H,7,8). The Labute approximate surface area is 59.0 Å². The van der Waals surface area contributed by atoms with Gasteiger partial charge in [0.15, 0.2) is 0 Å². The smallest absolute Gasteiger partial charge is 0.427 e. The van der Waals surface area contributed by atoms with E-state index in [4.69, 9.17) is 0 Å². The maximum Gasteiger partial charge on any atom is 0.427 e. The molecule has 0 rings (SSSR count). The quantitative estimate of drug-likeness (QED) is 0.329. The number of hydrogen-bond donors (Lipinski definition) is 1. The normalized spacial score (nSPS) is 10.5. The fraction of sp³-hybridized carbons (Fsp3) is 0.600. The molecule has 1 amide bonds. The Kier molecular flexibility index (Phi) is 4.02. The molecule has 0 aromatic rings. The highest BCUT2D eigenvalue weighted by atomic mass is 16.5. The number of methoxy groups -OCH3 is 2. The molecule has 0 heterocycles. The molecular weight excluding hydrogens is 136 g/mol. The van der Waals surface area contributed by atoms with E-state index >= 15 is 0 Å². The molecule has 0 bridgehead atoms. The van der Waals surface area contributed by atoms with E-state index < -0.39 is 6.09 Å². The summed E-state index contributed by atoms with van der Waals surface area (Å²) in [6.45, 7) is 1.61. The maximum atomic E-state index is 10.3. The molecule has 1 N–H and O–H groups in total.